The highest BCUT2D eigenvalue weighted by Crippen LogP contribution is 2.17. The number of rotatable bonds is 5. The van der Waals surface area contributed by atoms with Crippen LogP contribution < -0.4 is 0 Å². The van der Waals surface area contributed by atoms with E-state index in [2.05, 4.69) is 0 Å². The number of sulfone groups is 1. The van der Waals surface area contributed by atoms with Crippen LogP contribution in [0.5, 0.6) is 0 Å². The molecule has 1 rings (SSSR count). The topological polar surface area (TPSA) is 109 Å². The van der Waals surface area contributed by atoms with Gasteiger partial charge in [-0.2, -0.15) is 0 Å². The third-order valence-electron chi connectivity index (χ3n) is 2.42. The number of carboxylic acids is 2. The van der Waals surface area contributed by atoms with Gasteiger partial charge in [-0.3, -0.25) is 9.59 Å². The Bertz CT molecular complexity index is 558. The number of carbonyl (C=O) groups is 2. The van der Waals surface area contributed by atoms with Crippen molar-refractivity contribution in [2.45, 2.75) is 23.5 Å². The molecule has 0 aliphatic heterocycles. The summed E-state index contributed by atoms with van der Waals surface area (Å²) < 4.78 is 23.6. The van der Waals surface area contributed by atoms with Crippen LogP contribution in [-0.4, -0.2) is 35.8 Å². The molecule has 1 aromatic carbocycles. The minimum absolute atomic E-state index is 0.133. The Morgan fingerprint density at radius 2 is 1.67 bits per heavy atom. The summed E-state index contributed by atoms with van der Waals surface area (Å²) in [4.78, 5) is 21.0. The third kappa shape index (κ3) is 3.07. The van der Waals surface area contributed by atoms with Crippen LogP contribution in [0.2, 0.25) is 0 Å². The standard InChI is InChI=1S/C11H12O6S/c1-7(11(14)15)18(16,17)9-4-2-8(3-5-9)6-10(12)13/h2-5,7H,6H2,1H3,(H,12,13)(H,14,15). The Morgan fingerprint density at radius 1 is 1.17 bits per heavy atom. The minimum atomic E-state index is -3.93. The lowest BCUT2D eigenvalue weighted by atomic mass is 10.2. The molecule has 18 heavy (non-hydrogen) atoms. The lowest BCUT2D eigenvalue weighted by Crippen LogP contribution is -2.26. The summed E-state index contributed by atoms with van der Waals surface area (Å²) in [5.41, 5.74) is 0.449. The molecule has 1 unspecified atom stereocenters. The number of hydrogen-bond acceptors (Lipinski definition) is 4. The molecule has 98 valence electrons. The lowest BCUT2D eigenvalue weighted by Gasteiger charge is -2.08. The second-order valence-electron chi connectivity index (χ2n) is 3.74. The molecular weight excluding hydrogens is 260 g/mol. The van der Waals surface area contributed by atoms with Crippen molar-refractivity contribution in [3.63, 3.8) is 0 Å². The Hall–Kier alpha value is -1.89. The van der Waals surface area contributed by atoms with Gasteiger partial charge < -0.3 is 10.2 Å². The SMILES string of the molecule is CC(C(=O)O)S(=O)(=O)c1ccc(CC(=O)O)cc1. The molecule has 0 radical (unpaired) electrons. The van der Waals surface area contributed by atoms with E-state index in [0.717, 1.165) is 6.92 Å². The molecule has 0 aromatic heterocycles. The summed E-state index contributed by atoms with van der Waals surface area (Å²) in [5, 5.41) is 15.7. The quantitative estimate of drug-likeness (QED) is 0.810. The molecule has 0 aliphatic rings. The zero-order valence-electron chi connectivity index (χ0n) is 9.53. The lowest BCUT2D eigenvalue weighted by molar-refractivity contribution is -0.137. The van der Waals surface area contributed by atoms with Gasteiger partial charge in [0.25, 0.3) is 0 Å². The summed E-state index contributed by atoms with van der Waals surface area (Å²) in [5.74, 6) is -2.45. The Kier molecular flexibility index (Phi) is 4.07. The average Bonchev–Trinajstić information content (AvgIpc) is 2.27. The fourth-order valence-electron chi connectivity index (χ4n) is 1.31. The highest BCUT2D eigenvalue weighted by molar-refractivity contribution is 7.92. The highest BCUT2D eigenvalue weighted by atomic mass is 32.2. The van der Waals surface area contributed by atoms with E-state index < -0.39 is 27.0 Å². The van der Waals surface area contributed by atoms with E-state index in [0.29, 0.717) is 5.56 Å². The van der Waals surface area contributed by atoms with Gasteiger partial charge in [0, 0.05) is 0 Å². The van der Waals surface area contributed by atoms with Crippen LogP contribution in [-0.2, 0) is 25.8 Å². The van der Waals surface area contributed by atoms with Crippen LogP contribution in [0.4, 0.5) is 0 Å². The molecule has 0 bridgehead atoms. The van der Waals surface area contributed by atoms with E-state index in [1.807, 2.05) is 0 Å². The summed E-state index contributed by atoms with van der Waals surface area (Å²) in [6.07, 6.45) is -0.213. The van der Waals surface area contributed by atoms with Gasteiger partial charge in [-0.15, -0.1) is 0 Å². The third-order valence-corrected chi connectivity index (χ3v) is 4.48. The zero-order chi connectivity index (χ0) is 13.9. The van der Waals surface area contributed by atoms with E-state index in [1.54, 1.807) is 0 Å². The predicted molar refractivity (Wildman–Crippen MR) is 62.1 cm³/mol. The first-order valence-electron chi connectivity index (χ1n) is 5.02. The van der Waals surface area contributed by atoms with Crippen molar-refractivity contribution in [1.29, 1.82) is 0 Å². The second-order valence-corrected chi connectivity index (χ2v) is 6.01. The minimum Gasteiger partial charge on any atom is -0.481 e. The summed E-state index contributed by atoms with van der Waals surface area (Å²) in [7, 11) is -3.93. The molecule has 0 heterocycles. The second kappa shape index (κ2) is 5.18. The number of carboxylic acid groups (broad SMARTS) is 2. The maximum Gasteiger partial charge on any atom is 0.321 e. The molecule has 1 aromatic rings. The Morgan fingerprint density at radius 3 is 2.06 bits per heavy atom. The molecule has 0 aliphatic carbocycles. The van der Waals surface area contributed by atoms with Gasteiger partial charge in [0.05, 0.1) is 11.3 Å². The highest BCUT2D eigenvalue weighted by Gasteiger charge is 2.29. The monoisotopic (exact) mass is 272 g/mol. The molecule has 6 nitrogen and oxygen atoms in total. The molecule has 1 atom stereocenters. The van der Waals surface area contributed by atoms with Gasteiger partial charge in [0.15, 0.2) is 15.1 Å². The summed E-state index contributed by atoms with van der Waals surface area (Å²) in [6.45, 7) is 1.09. The van der Waals surface area contributed by atoms with E-state index in [4.69, 9.17) is 10.2 Å². The maximum atomic E-state index is 11.8. The van der Waals surface area contributed by atoms with E-state index in [9.17, 15) is 18.0 Å². The van der Waals surface area contributed by atoms with Crippen LogP contribution in [0.15, 0.2) is 29.2 Å². The number of hydrogen-bond donors (Lipinski definition) is 2. The van der Waals surface area contributed by atoms with Gasteiger partial charge in [0.1, 0.15) is 0 Å². The van der Waals surface area contributed by atoms with Crippen molar-refractivity contribution in [1.82, 2.24) is 0 Å². The van der Waals surface area contributed by atoms with Gasteiger partial charge in [-0.25, -0.2) is 8.42 Å². The Balaban J connectivity index is 3.05. The molecule has 2 N–H and O–H groups in total. The zero-order valence-corrected chi connectivity index (χ0v) is 10.3. The fourth-order valence-corrected chi connectivity index (χ4v) is 2.50. The molecular formula is C11H12O6S. The summed E-state index contributed by atoms with van der Waals surface area (Å²) in [6, 6.07) is 5.14. The van der Waals surface area contributed by atoms with Gasteiger partial charge in [0.2, 0.25) is 0 Å². The summed E-state index contributed by atoms with van der Waals surface area (Å²) >= 11 is 0. The number of benzene rings is 1. The van der Waals surface area contributed by atoms with Crippen molar-refractivity contribution in [3.8, 4) is 0 Å². The van der Waals surface area contributed by atoms with E-state index in [1.165, 1.54) is 24.3 Å². The predicted octanol–water partition coefficient (Wildman–Crippen LogP) is 0.560. The first kappa shape index (κ1) is 14.2. The van der Waals surface area contributed by atoms with Crippen LogP contribution in [0, 0.1) is 0 Å². The smallest absolute Gasteiger partial charge is 0.321 e. The first-order valence-corrected chi connectivity index (χ1v) is 6.57. The first-order chi connectivity index (χ1) is 8.25. The van der Waals surface area contributed by atoms with Crippen LogP contribution in [0.3, 0.4) is 0 Å². The van der Waals surface area contributed by atoms with Gasteiger partial charge in [-0.05, 0) is 24.6 Å². The number of aliphatic carboxylic acids is 2. The average molecular weight is 272 g/mol. The van der Waals surface area contributed by atoms with E-state index >= 15 is 0 Å². The van der Waals surface area contributed by atoms with E-state index in [-0.39, 0.29) is 11.3 Å². The van der Waals surface area contributed by atoms with Gasteiger partial charge in [-0.1, -0.05) is 12.1 Å². The van der Waals surface area contributed by atoms with Crippen molar-refractivity contribution in [2.24, 2.45) is 0 Å². The molecule has 7 heteroatoms. The Labute approximate surface area is 104 Å². The maximum absolute atomic E-state index is 11.8. The van der Waals surface area contributed by atoms with Gasteiger partial charge >= 0.3 is 11.9 Å². The molecule has 0 spiro atoms. The van der Waals surface area contributed by atoms with Crippen LogP contribution in [0.25, 0.3) is 0 Å². The van der Waals surface area contributed by atoms with Crippen molar-refractivity contribution in [2.75, 3.05) is 0 Å². The normalized spacial score (nSPS) is 12.9. The molecule has 0 saturated carbocycles. The van der Waals surface area contributed by atoms with Crippen molar-refractivity contribution >= 4 is 21.8 Å². The largest absolute Gasteiger partial charge is 0.481 e. The van der Waals surface area contributed by atoms with Crippen molar-refractivity contribution in [3.05, 3.63) is 29.8 Å². The molecule has 0 fully saturated rings. The fraction of sp³-hybridized carbons (Fsp3) is 0.273. The van der Waals surface area contributed by atoms with Crippen LogP contribution in [0.1, 0.15) is 12.5 Å². The van der Waals surface area contributed by atoms with Crippen molar-refractivity contribution < 1.29 is 28.2 Å². The van der Waals surface area contributed by atoms with Crippen LogP contribution >= 0.6 is 0 Å². The molecule has 0 saturated heterocycles. The molecule has 0 amide bonds.